The summed E-state index contributed by atoms with van der Waals surface area (Å²) in [6.07, 6.45) is 0. The number of carboxylic acid groups (broad SMARTS) is 1. The standard InChI is InChI=1S/C18H20O7/c1-21-11-24-14-8-15(23-10-13-6-4-3-5-7-13)17(18(19)20)16(9-14)25-12-22-2/h3-9H,10-12H2,1-2H3,(H,19,20). The van der Waals surface area contributed by atoms with Gasteiger partial charge in [-0.1, -0.05) is 30.3 Å². The molecule has 2 rings (SSSR count). The maximum Gasteiger partial charge on any atom is 0.343 e. The van der Waals surface area contributed by atoms with E-state index in [9.17, 15) is 9.90 Å². The molecule has 7 heteroatoms. The summed E-state index contributed by atoms with van der Waals surface area (Å²) >= 11 is 0. The number of hydrogen-bond donors (Lipinski definition) is 1. The molecule has 0 saturated carbocycles. The van der Waals surface area contributed by atoms with E-state index in [0.717, 1.165) is 5.56 Å². The first-order valence-electron chi connectivity index (χ1n) is 7.47. The van der Waals surface area contributed by atoms with Crippen LogP contribution >= 0.6 is 0 Å². The van der Waals surface area contributed by atoms with E-state index >= 15 is 0 Å². The molecule has 0 saturated heterocycles. The van der Waals surface area contributed by atoms with Gasteiger partial charge in [0.05, 0.1) is 0 Å². The fourth-order valence-electron chi connectivity index (χ4n) is 2.07. The van der Waals surface area contributed by atoms with Crippen LogP contribution in [-0.4, -0.2) is 38.9 Å². The van der Waals surface area contributed by atoms with E-state index in [-0.39, 0.29) is 37.3 Å². The first-order chi connectivity index (χ1) is 12.2. The summed E-state index contributed by atoms with van der Waals surface area (Å²) in [4.78, 5) is 11.7. The summed E-state index contributed by atoms with van der Waals surface area (Å²) in [5, 5.41) is 9.54. The molecule has 7 nitrogen and oxygen atoms in total. The van der Waals surface area contributed by atoms with E-state index in [1.54, 1.807) is 0 Å². The summed E-state index contributed by atoms with van der Waals surface area (Å²) in [5.74, 6) is -0.587. The topological polar surface area (TPSA) is 83.5 Å². The van der Waals surface area contributed by atoms with Gasteiger partial charge in [0.1, 0.15) is 29.4 Å². The zero-order valence-corrected chi connectivity index (χ0v) is 14.1. The first kappa shape index (κ1) is 18.6. The number of hydrogen-bond acceptors (Lipinski definition) is 6. The molecule has 0 unspecified atom stereocenters. The first-order valence-corrected chi connectivity index (χ1v) is 7.47. The largest absolute Gasteiger partial charge is 0.488 e. The Labute approximate surface area is 145 Å². The van der Waals surface area contributed by atoms with Crippen LogP contribution in [0.4, 0.5) is 0 Å². The molecule has 0 radical (unpaired) electrons. The SMILES string of the molecule is COCOc1cc(OCOC)c(C(=O)O)c(OCc2ccccc2)c1. The van der Waals surface area contributed by atoms with Gasteiger partial charge in [-0.25, -0.2) is 4.79 Å². The van der Waals surface area contributed by atoms with Crippen LogP contribution in [0.25, 0.3) is 0 Å². The third-order valence-electron chi connectivity index (χ3n) is 3.17. The Bertz CT molecular complexity index is 685. The smallest absolute Gasteiger partial charge is 0.343 e. The minimum atomic E-state index is -1.17. The van der Waals surface area contributed by atoms with Crippen molar-refractivity contribution >= 4 is 5.97 Å². The molecule has 0 amide bonds. The van der Waals surface area contributed by atoms with Crippen molar-refractivity contribution in [2.45, 2.75) is 6.61 Å². The van der Waals surface area contributed by atoms with Crippen LogP contribution in [0.2, 0.25) is 0 Å². The molecule has 0 heterocycles. The van der Waals surface area contributed by atoms with E-state index in [0.29, 0.717) is 5.75 Å². The molecule has 0 spiro atoms. The van der Waals surface area contributed by atoms with Gasteiger partial charge in [-0.05, 0) is 5.56 Å². The van der Waals surface area contributed by atoms with Gasteiger partial charge in [-0.15, -0.1) is 0 Å². The maximum atomic E-state index is 11.7. The lowest BCUT2D eigenvalue weighted by Crippen LogP contribution is -2.10. The number of carbonyl (C=O) groups is 1. The van der Waals surface area contributed by atoms with E-state index in [4.69, 9.17) is 23.7 Å². The molecule has 0 fully saturated rings. The normalized spacial score (nSPS) is 10.3. The van der Waals surface area contributed by atoms with Crippen LogP contribution in [-0.2, 0) is 16.1 Å². The highest BCUT2D eigenvalue weighted by Gasteiger charge is 2.21. The Morgan fingerprint density at radius 1 is 0.920 bits per heavy atom. The van der Waals surface area contributed by atoms with Crippen LogP contribution in [0.1, 0.15) is 15.9 Å². The molecule has 134 valence electrons. The van der Waals surface area contributed by atoms with Gasteiger partial charge < -0.3 is 28.8 Å². The number of benzene rings is 2. The Morgan fingerprint density at radius 3 is 2.12 bits per heavy atom. The second-order valence-electron chi connectivity index (χ2n) is 4.98. The number of ether oxygens (including phenoxy) is 5. The van der Waals surface area contributed by atoms with E-state index in [1.807, 2.05) is 30.3 Å². The van der Waals surface area contributed by atoms with Gasteiger partial charge >= 0.3 is 5.97 Å². The predicted octanol–water partition coefficient (Wildman–Crippen LogP) is 2.93. The number of carboxylic acids is 1. The van der Waals surface area contributed by atoms with Crippen molar-refractivity contribution in [2.24, 2.45) is 0 Å². The molecule has 0 aliphatic rings. The molecular formula is C18H20O7. The number of methoxy groups -OCH3 is 2. The Balaban J connectivity index is 2.33. The monoisotopic (exact) mass is 348 g/mol. The predicted molar refractivity (Wildman–Crippen MR) is 89.2 cm³/mol. The molecule has 0 aliphatic carbocycles. The van der Waals surface area contributed by atoms with E-state index in [1.165, 1.54) is 26.4 Å². The zero-order chi connectivity index (χ0) is 18.1. The van der Waals surface area contributed by atoms with Crippen molar-refractivity contribution in [1.82, 2.24) is 0 Å². The van der Waals surface area contributed by atoms with Crippen molar-refractivity contribution in [1.29, 1.82) is 0 Å². The van der Waals surface area contributed by atoms with Crippen molar-refractivity contribution < 1.29 is 33.6 Å². The van der Waals surface area contributed by atoms with Crippen LogP contribution in [0.15, 0.2) is 42.5 Å². The second kappa shape index (κ2) is 9.51. The van der Waals surface area contributed by atoms with Crippen molar-refractivity contribution in [3.63, 3.8) is 0 Å². The molecular weight excluding hydrogens is 328 g/mol. The lowest BCUT2D eigenvalue weighted by Gasteiger charge is -2.16. The summed E-state index contributed by atoms with van der Waals surface area (Å²) in [5.41, 5.74) is 0.805. The van der Waals surface area contributed by atoms with Crippen LogP contribution in [0.5, 0.6) is 17.2 Å². The van der Waals surface area contributed by atoms with Gasteiger partial charge in [0.2, 0.25) is 0 Å². The minimum absolute atomic E-state index is 0.00820. The molecule has 0 bridgehead atoms. The second-order valence-corrected chi connectivity index (χ2v) is 4.98. The fourth-order valence-corrected chi connectivity index (χ4v) is 2.07. The molecule has 0 atom stereocenters. The van der Waals surface area contributed by atoms with Crippen LogP contribution in [0, 0.1) is 0 Å². The summed E-state index contributed by atoms with van der Waals surface area (Å²) in [6.45, 7) is 0.110. The van der Waals surface area contributed by atoms with Crippen LogP contribution in [0.3, 0.4) is 0 Å². The average Bonchev–Trinajstić information content (AvgIpc) is 2.63. The number of aromatic carboxylic acids is 1. The summed E-state index contributed by atoms with van der Waals surface area (Å²) in [6, 6.07) is 12.4. The zero-order valence-electron chi connectivity index (χ0n) is 14.1. The van der Waals surface area contributed by atoms with Gasteiger partial charge in [-0.3, -0.25) is 0 Å². The van der Waals surface area contributed by atoms with Crippen molar-refractivity contribution in [3.05, 3.63) is 53.6 Å². The molecule has 0 aromatic heterocycles. The van der Waals surface area contributed by atoms with Crippen LogP contribution < -0.4 is 14.2 Å². The summed E-state index contributed by atoms with van der Waals surface area (Å²) < 4.78 is 26.2. The minimum Gasteiger partial charge on any atom is -0.488 e. The van der Waals surface area contributed by atoms with Gasteiger partial charge in [0.25, 0.3) is 0 Å². The molecule has 2 aromatic rings. The fraction of sp³-hybridized carbons (Fsp3) is 0.278. The third kappa shape index (κ3) is 5.37. The van der Waals surface area contributed by atoms with E-state index in [2.05, 4.69) is 0 Å². The molecule has 1 N–H and O–H groups in total. The lowest BCUT2D eigenvalue weighted by atomic mass is 10.1. The van der Waals surface area contributed by atoms with Gasteiger partial charge in [-0.2, -0.15) is 0 Å². The van der Waals surface area contributed by atoms with Crippen molar-refractivity contribution in [3.8, 4) is 17.2 Å². The third-order valence-corrected chi connectivity index (χ3v) is 3.17. The Morgan fingerprint density at radius 2 is 1.52 bits per heavy atom. The maximum absolute atomic E-state index is 11.7. The van der Waals surface area contributed by atoms with Crippen molar-refractivity contribution in [2.75, 3.05) is 27.8 Å². The molecule has 2 aromatic carbocycles. The Kier molecular flexibility index (Phi) is 7.06. The highest BCUT2D eigenvalue weighted by Crippen LogP contribution is 2.35. The Hall–Kier alpha value is -2.77. The van der Waals surface area contributed by atoms with E-state index < -0.39 is 5.97 Å². The number of rotatable bonds is 10. The average molecular weight is 348 g/mol. The summed E-state index contributed by atoms with van der Waals surface area (Å²) in [7, 11) is 2.93. The highest BCUT2D eigenvalue weighted by molar-refractivity contribution is 5.94. The lowest BCUT2D eigenvalue weighted by molar-refractivity contribution is 0.0439. The molecule has 25 heavy (non-hydrogen) atoms. The van der Waals surface area contributed by atoms with Gasteiger partial charge in [0, 0.05) is 26.4 Å². The highest BCUT2D eigenvalue weighted by atomic mass is 16.7. The molecule has 0 aliphatic heterocycles. The quantitative estimate of drug-likeness (QED) is 0.661. The van der Waals surface area contributed by atoms with Gasteiger partial charge in [0.15, 0.2) is 13.6 Å².